The number of carbonyl (C=O) groups excluding carboxylic acids is 1. The Bertz CT molecular complexity index is 659. The number of rotatable bonds is 3. The van der Waals surface area contributed by atoms with Gasteiger partial charge in [-0.15, -0.1) is 0 Å². The Balaban J connectivity index is 1.81. The van der Waals surface area contributed by atoms with Crippen LogP contribution in [0, 0.1) is 0 Å². The van der Waals surface area contributed by atoms with Crippen LogP contribution in [-0.4, -0.2) is 5.78 Å². The topological polar surface area (TPSA) is 17.1 Å². The summed E-state index contributed by atoms with van der Waals surface area (Å²) in [6.07, 6.45) is 1.17. The Kier molecular flexibility index (Phi) is 3.27. The maximum absolute atomic E-state index is 12.3. The summed E-state index contributed by atoms with van der Waals surface area (Å²) in [5.74, 6) is 0.677. The standard InChI is InChI=1S/C19H18O/c1-13(2)17-12-18(17)14-8-10-16(11-9-14)19(20)15-6-4-3-5-7-15/h3-11,18H,12H2,1-2H3. The predicted molar refractivity (Wildman–Crippen MR) is 82.0 cm³/mol. The summed E-state index contributed by atoms with van der Waals surface area (Å²) in [5.41, 5.74) is 5.81. The molecule has 0 radical (unpaired) electrons. The van der Waals surface area contributed by atoms with E-state index in [4.69, 9.17) is 0 Å². The minimum absolute atomic E-state index is 0.0929. The highest BCUT2D eigenvalue weighted by molar-refractivity contribution is 6.08. The van der Waals surface area contributed by atoms with Gasteiger partial charge in [0.2, 0.25) is 0 Å². The van der Waals surface area contributed by atoms with E-state index in [-0.39, 0.29) is 5.78 Å². The minimum Gasteiger partial charge on any atom is -0.289 e. The number of ketones is 1. The van der Waals surface area contributed by atoms with Crippen LogP contribution >= 0.6 is 0 Å². The highest BCUT2D eigenvalue weighted by Gasteiger charge is 2.31. The van der Waals surface area contributed by atoms with Gasteiger partial charge in [-0.25, -0.2) is 0 Å². The molecule has 0 spiro atoms. The highest BCUT2D eigenvalue weighted by atomic mass is 16.1. The van der Waals surface area contributed by atoms with Crippen molar-refractivity contribution in [2.24, 2.45) is 0 Å². The molecule has 0 amide bonds. The van der Waals surface area contributed by atoms with Crippen LogP contribution in [0.3, 0.4) is 0 Å². The molecule has 0 heterocycles. The van der Waals surface area contributed by atoms with Crippen molar-refractivity contribution in [1.82, 2.24) is 0 Å². The van der Waals surface area contributed by atoms with Gasteiger partial charge in [0.1, 0.15) is 0 Å². The molecule has 1 unspecified atom stereocenters. The molecule has 0 bridgehead atoms. The summed E-state index contributed by atoms with van der Waals surface area (Å²) in [5, 5.41) is 0. The molecule has 20 heavy (non-hydrogen) atoms. The summed E-state index contributed by atoms with van der Waals surface area (Å²) < 4.78 is 0. The SMILES string of the molecule is CC(C)=C1CC1c1ccc(C(=O)c2ccccc2)cc1. The van der Waals surface area contributed by atoms with Crippen LogP contribution in [0.1, 0.15) is 47.7 Å². The zero-order valence-corrected chi connectivity index (χ0v) is 11.9. The summed E-state index contributed by atoms with van der Waals surface area (Å²) >= 11 is 0. The van der Waals surface area contributed by atoms with Gasteiger partial charge in [-0.3, -0.25) is 4.79 Å². The fourth-order valence-corrected chi connectivity index (χ4v) is 2.66. The van der Waals surface area contributed by atoms with E-state index in [2.05, 4.69) is 26.0 Å². The molecule has 2 aromatic rings. The van der Waals surface area contributed by atoms with Gasteiger partial charge >= 0.3 is 0 Å². The number of allylic oxidation sites excluding steroid dienone is 2. The Hall–Kier alpha value is -2.15. The molecule has 0 N–H and O–H groups in total. The lowest BCUT2D eigenvalue weighted by molar-refractivity contribution is 0.103. The average Bonchev–Trinajstić information content (AvgIpc) is 3.28. The molecule has 1 saturated carbocycles. The summed E-state index contributed by atoms with van der Waals surface area (Å²) in [7, 11) is 0. The van der Waals surface area contributed by atoms with E-state index < -0.39 is 0 Å². The van der Waals surface area contributed by atoms with Crippen molar-refractivity contribution >= 4 is 5.78 Å². The maximum atomic E-state index is 12.3. The normalized spacial score (nSPS) is 16.9. The molecule has 1 fully saturated rings. The molecule has 1 nitrogen and oxygen atoms in total. The van der Waals surface area contributed by atoms with E-state index in [1.54, 1.807) is 5.57 Å². The van der Waals surface area contributed by atoms with Crippen LogP contribution in [-0.2, 0) is 0 Å². The molecule has 3 rings (SSSR count). The van der Waals surface area contributed by atoms with Gasteiger partial charge in [0.25, 0.3) is 0 Å². The zero-order chi connectivity index (χ0) is 14.1. The molecular formula is C19H18O. The van der Waals surface area contributed by atoms with Crippen LogP contribution in [0.5, 0.6) is 0 Å². The second-order valence-electron chi connectivity index (χ2n) is 5.60. The van der Waals surface area contributed by atoms with Gasteiger partial charge in [-0.1, -0.05) is 65.7 Å². The average molecular weight is 262 g/mol. The molecule has 1 heteroatoms. The second-order valence-corrected chi connectivity index (χ2v) is 5.60. The molecule has 0 aliphatic heterocycles. The summed E-state index contributed by atoms with van der Waals surface area (Å²) in [6, 6.07) is 17.5. The number of hydrogen-bond acceptors (Lipinski definition) is 1. The summed E-state index contributed by atoms with van der Waals surface area (Å²) in [6.45, 7) is 4.34. The first-order valence-electron chi connectivity index (χ1n) is 7.03. The van der Waals surface area contributed by atoms with Crippen molar-refractivity contribution in [2.45, 2.75) is 26.2 Å². The third kappa shape index (κ3) is 2.44. The van der Waals surface area contributed by atoms with Crippen LogP contribution < -0.4 is 0 Å². The van der Waals surface area contributed by atoms with Crippen molar-refractivity contribution in [1.29, 1.82) is 0 Å². The first kappa shape index (κ1) is 12.9. The third-order valence-electron chi connectivity index (χ3n) is 3.94. The molecule has 0 aromatic heterocycles. The van der Waals surface area contributed by atoms with Crippen LogP contribution in [0.25, 0.3) is 0 Å². The number of benzene rings is 2. The third-order valence-corrected chi connectivity index (χ3v) is 3.94. The molecule has 0 saturated heterocycles. The second kappa shape index (κ2) is 5.09. The molecule has 2 aromatic carbocycles. The molecule has 1 aliphatic rings. The zero-order valence-electron chi connectivity index (χ0n) is 11.9. The lowest BCUT2D eigenvalue weighted by Crippen LogP contribution is -2.00. The van der Waals surface area contributed by atoms with Crippen molar-refractivity contribution in [3.8, 4) is 0 Å². The summed E-state index contributed by atoms with van der Waals surface area (Å²) in [4.78, 5) is 12.3. The monoisotopic (exact) mass is 262 g/mol. The van der Waals surface area contributed by atoms with Gasteiger partial charge in [-0.05, 0) is 25.8 Å². The van der Waals surface area contributed by atoms with Gasteiger partial charge in [-0.2, -0.15) is 0 Å². The molecular weight excluding hydrogens is 244 g/mol. The molecule has 1 aliphatic carbocycles. The number of hydrogen-bond donors (Lipinski definition) is 0. The molecule has 1 atom stereocenters. The van der Waals surface area contributed by atoms with E-state index in [1.165, 1.54) is 17.6 Å². The van der Waals surface area contributed by atoms with E-state index >= 15 is 0 Å². The Morgan fingerprint density at radius 1 is 0.900 bits per heavy atom. The molecule has 100 valence electrons. The van der Waals surface area contributed by atoms with Crippen LogP contribution in [0.15, 0.2) is 65.7 Å². The van der Waals surface area contributed by atoms with Gasteiger partial charge < -0.3 is 0 Å². The van der Waals surface area contributed by atoms with Crippen molar-refractivity contribution in [3.63, 3.8) is 0 Å². The van der Waals surface area contributed by atoms with Gasteiger partial charge in [0.05, 0.1) is 0 Å². The van der Waals surface area contributed by atoms with E-state index in [9.17, 15) is 4.79 Å². The highest BCUT2D eigenvalue weighted by Crippen LogP contribution is 2.48. The first-order chi connectivity index (χ1) is 9.66. The van der Waals surface area contributed by atoms with E-state index in [1.807, 2.05) is 42.5 Å². The maximum Gasteiger partial charge on any atom is 0.193 e. The van der Waals surface area contributed by atoms with Crippen LogP contribution in [0.4, 0.5) is 0 Å². The van der Waals surface area contributed by atoms with Crippen LogP contribution in [0.2, 0.25) is 0 Å². The van der Waals surface area contributed by atoms with Crippen molar-refractivity contribution in [2.75, 3.05) is 0 Å². The Labute approximate surface area is 120 Å². The van der Waals surface area contributed by atoms with Crippen molar-refractivity contribution in [3.05, 3.63) is 82.4 Å². The predicted octanol–water partition coefficient (Wildman–Crippen LogP) is 4.74. The fourth-order valence-electron chi connectivity index (χ4n) is 2.66. The van der Waals surface area contributed by atoms with E-state index in [0.717, 1.165) is 11.1 Å². The fraction of sp³-hybridized carbons (Fsp3) is 0.211. The quantitative estimate of drug-likeness (QED) is 0.576. The smallest absolute Gasteiger partial charge is 0.193 e. The largest absolute Gasteiger partial charge is 0.289 e. The van der Waals surface area contributed by atoms with E-state index in [0.29, 0.717) is 5.92 Å². The Morgan fingerprint density at radius 2 is 1.50 bits per heavy atom. The minimum atomic E-state index is 0.0929. The van der Waals surface area contributed by atoms with Gasteiger partial charge in [0, 0.05) is 17.0 Å². The van der Waals surface area contributed by atoms with Gasteiger partial charge in [0.15, 0.2) is 5.78 Å². The lowest BCUT2D eigenvalue weighted by Gasteiger charge is -2.03. The lowest BCUT2D eigenvalue weighted by atomic mass is 10.0. The van der Waals surface area contributed by atoms with Crippen molar-refractivity contribution < 1.29 is 4.79 Å². The Morgan fingerprint density at radius 3 is 2.05 bits per heavy atom. The first-order valence-corrected chi connectivity index (χ1v) is 7.03. The number of carbonyl (C=O) groups is 1.